The SMILES string of the molecule is CC(C)(N)Cc1ccc(S(=O)(=O)NOC(=O)C(F)(F)F)cc1F. The van der Waals surface area contributed by atoms with E-state index in [0.29, 0.717) is 6.07 Å². The van der Waals surface area contributed by atoms with Gasteiger partial charge in [0.2, 0.25) is 0 Å². The van der Waals surface area contributed by atoms with Gasteiger partial charge in [-0.15, -0.1) is 0 Å². The molecule has 0 heterocycles. The Morgan fingerprint density at radius 2 is 1.87 bits per heavy atom. The van der Waals surface area contributed by atoms with Gasteiger partial charge in [0.25, 0.3) is 10.0 Å². The highest BCUT2D eigenvalue weighted by Crippen LogP contribution is 2.20. The van der Waals surface area contributed by atoms with Crippen molar-refractivity contribution >= 4 is 16.0 Å². The third-order valence-corrected chi connectivity index (χ3v) is 3.63. The number of hydrogen-bond acceptors (Lipinski definition) is 5. The van der Waals surface area contributed by atoms with Crippen LogP contribution in [-0.4, -0.2) is 26.1 Å². The maximum absolute atomic E-state index is 13.9. The number of nitrogens with one attached hydrogen (secondary N) is 1. The Bertz CT molecular complexity index is 696. The highest BCUT2D eigenvalue weighted by Gasteiger charge is 2.42. The summed E-state index contributed by atoms with van der Waals surface area (Å²) in [7, 11) is -4.66. The molecule has 23 heavy (non-hydrogen) atoms. The second kappa shape index (κ2) is 6.42. The largest absolute Gasteiger partial charge is 0.492 e. The molecule has 0 amide bonds. The first kappa shape index (κ1) is 19.3. The molecular weight excluding hydrogens is 344 g/mol. The van der Waals surface area contributed by atoms with E-state index in [0.717, 1.165) is 17.0 Å². The average molecular weight is 358 g/mol. The lowest BCUT2D eigenvalue weighted by Gasteiger charge is -2.19. The maximum Gasteiger partial charge on any atom is 0.492 e. The summed E-state index contributed by atoms with van der Waals surface area (Å²) >= 11 is 0. The van der Waals surface area contributed by atoms with Crippen molar-refractivity contribution < 1.29 is 35.6 Å². The summed E-state index contributed by atoms with van der Waals surface area (Å²) in [5, 5.41) is 0. The summed E-state index contributed by atoms with van der Waals surface area (Å²) in [6, 6.07) is 2.67. The van der Waals surface area contributed by atoms with Crippen LogP contribution >= 0.6 is 0 Å². The van der Waals surface area contributed by atoms with Crippen LogP contribution in [0.2, 0.25) is 0 Å². The molecule has 11 heteroatoms. The van der Waals surface area contributed by atoms with Crippen LogP contribution in [-0.2, 0) is 26.1 Å². The summed E-state index contributed by atoms with van der Waals surface area (Å²) in [5.74, 6) is -3.66. The summed E-state index contributed by atoms with van der Waals surface area (Å²) < 4.78 is 73.0. The Balaban J connectivity index is 2.94. The van der Waals surface area contributed by atoms with Crippen LogP contribution < -0.4 is 10.6 Å². The van der Waals surface area contributed by atoms with E-state index in [2.05, 4.69) is 4.84 Å². The van der Waals surface area contributed by atoms with Crippen LogP contribution in [0.25, 0.3) is 0 Å². The van der Waals surface area contributed by atoms with Gasteiger partial charge in [0.1, 0.15) is 5.82 Å². The number of alkyl halides is 3. The highest BCUT2D eigenvalue weighted by atomic mass is 32.2. The molecule has 1 aromatic rings. The van der Waals surface area contributed by atoms with Crippen LogP contribution in [0.1, 0.15) is 19.4 Å². The van der Waals surface area contributed by atoms with E-state index in [1.807, 2.05) is 0 Å². The van der Waals surface area contributed by atoms with E-state index in [9.17, 15) is 30.8 Å². The summed E-state index contributed by atoms with van der Waals surface area (Å²) in [4.78, 5) is 14.2. The van der Waals surface area contributed by atoms with Gasteiger partial charge in [0.05, 0.1) is 4.90 Å². The minimum atomic E-state index is -5.37. The first-order valence-electron chi connectivity index (χ1n) is 6.09. The first-order chi connectivity index (χ1) is 10.2. The summed E-state index contributed by atoms with van der Waals surface area (Å²) in [5.41, 5.74) is 5.10. The first-order valence-corrected chi connectivity index (χ1v) is 7.58. The Morgan fingerprint density at radius 3 is 2.30 bits per heavy atom. The maximum atomic E-state index is 13.9. The van der Waals surface area contributed by atoms with Gasteiger partial charge in [-0.1, -0.05) is 6.07 Å². The number of carbonyl (C=O) groups is 1. The molecule has 0 aromatic heterocycles. The van der Waals surface area contributed by atoms with E-state index in [1.165, 1.54) is 0 Å². The monoisotopic (exact) mass is 358 g/mol. The number of benzene rings is 1. The molecule has 0 aliphatic rings. The summed E-state index contributed by atoms with van der Waals surface area (Å²) in [6.45, 7) is 3.27. The van der Waals surface area contributed by atoms with Crippen LogP contribution in [0.3, 0.4) is 0 Å². The zero-order valence-electron chi connectivity index (χ0n) is 12.1. The van der Waals surface area contributed by atoms with Crippen molar-refractivity contribution in [2.45, 2.75) is 36.9 Å². The number of sulfonamides is 1. The standard InChI is InChI=1S/C12H14F4N2O4S/c1-11(2,17)6-7-3-4-8(5-9(7)13)23(20,21)18-22-10(19)12(14,15)16/h3-5,18H,6,17H2,1-2H3. The molecule has 0 aliphatic heterocycles. The molecule has 1 rings (SSSR count). The predicted molar refractivity (Wildman–Crippen MR) is 70.8 cm³/mol. The zero-order valence-corrected chi connectivity index (χ0v) is 12.9. The van der Waals surface area contributed by atoms with E-state index >= 15 is 0 Å². The van der Waals surface area contributed by atoms with Gasteiger partial charge in [-0.2, -0.15) is 13.2 Å². The average Bonchev–Trinajstić information content (AvgIpc) is 2.35. The molecule has 0 atom stereocenters. The van der Waals surface area contributed by atoms with Crippen molar-refractivity contribution in [3.63, 3.8) is 0 Å². The van der Waals surface area contributed by atoms with Gasteiger partial charge in [0, 0.05) is 5.54 Å². The van der Waals surface area contributed by atoms with Gasteiger partial charge in [-0.05, 0) is 42.8 Å². The van der Waals surface area contributed by atoms with E-state index in [-0.39, 0.29) is 12.0 Å². The highest BCUT2D eigenvalue weighted by molar-refractivity contribution is 7.89. The van der Waals surface area contributed by atoms with Crippen molar-refractivity contribution in [3.05, 3.63) is 29.6 Å². The van der Waals surface area contributed by atoms with Crippen LogP contribution in [0.5, 0.6) is 0 Å². The lowest BCUT2D eigenvalue weighted by molar-refractivity contribution is -0.203. The van der Waals surface area contributed by atoms with Gasteiger partial charge >= 0.3 is 12.1 Å². The van der Waals surface area contributed by atoms with Crippen molar-refractivity contribution in [1.29, 1.82) is 0 Å². The second-order valence-electron chi connectivity index (χ2n) is 5.39. The molecule has 0 radical (unpaired) electrons. The lowest BCUT2D eigenvalue weighted by atomic mass is 9.96. The lowest BCUT2D eigenvalue weighted by Crippen LogP contribution is -2.35. The van der Waals surface area contributed by atoms with Gasteiger partial charge in [-0.3, -0.25) is 0 Å². The van der Waals surface area contributed by atoms with Crippen molar-refractivity contribution in [3.8, 4) is 0 Å². The van der Waals surface area contributed by atoms with E-state index in [1.54, 1.807) is 13.8 Å². The molecule has 1 aromatic carbocycles. The molecule has 0 bridgehead atoms. The van der Waals surface area contributed by atoms with Crippen molar-refractivity contribution in [1.82, 2.24) is 4.89 Å². The van der Waals surface area contributed by atoms with E-state index < -0.39 is 38.4 Å². The van der Waals surface area contributed by atoms with Gasteiger partial charge < -0.3 is 10.6 Å². The minimum absolute atomic E-state index is 0.107. The smallest absolute Gasteiger partial charge is 0.348 e. The molecule has 0 spiro atoms. The van der Waals surface area contributed by atoms with Gasteiger partial charge in [0.15, 0.2) is 0 Å². The van der Waals surface area contributed by atoms with Crippen LogP contribution in [0, 0.1) is 5.82 Å². The second-order valence-corrected chi connectivity index (χ2v) is 7.04. The van der Waals surface area contributed by atoms with Crippen LogP contribution in [0.4, 0.5) is 17.6 Å². The Kier molecular flexibility index (Phi) is 5.39. The number of nitrogens with two attached hydrogens (primary N) is 1. The fourth-order valence-electron chi connectivity index (χ4n) is 1.53. The van der Waals surface area contributed by atoms with Gasteiger partial charge in [-0.25, -0.2) is 17.6 Å². The van der Waals surface area contributed by atoms with E-state index in [4.69, 9.17) is 5.73 Å². The number of hydrogen-bond donors (Lipinski definition) is 2. The van der Waals surface area contributed by atoms with Crippen LogP contribution in [0.15, 0.2) is 23.1 Å². The molecule has 3 N–H and O–H groups in total. The third kappa shape index (κ3) is 5.77. The molecule has 6 nitrogen and oxygen atoms in total. The Morgan fingerprint density at radius 1 is 1.30 bits per heavy atom. The summed E-state index contributed by atoms with van der Waals surface area (Å²) in [6.07, 6.45) is -5.26. The molecule has 0 fully saturated rings. The fourth-order valence-corrected chi connectivity index (χ4v) is 2.32. The number of carbonyl (C=O) groups excluding carboxylic acids is 1. The molecule has 0 unspecified atom stereocenters. The Labute approximate surface area is 129 Å². The van der Waals surface area contributed by atoms with Crippen molar-refractivity contribution in [2.24, 2.45) is 5.73 Å². The number of rotatable bonds is 5. The molecule has 0 saturated heterocycles. The van der Waals surface area contributed by atoms with Crippen molar-refractivity contribution in [2.75, 3.05) is 0 Å². The zero-order chi connectivity index (χ0) is 18.1. The minimum Gasteiger partial charge on any atom is -0.348 e. The quantitative estimate of drug-likeness (QED) is 0.612. The topological polar surface area (TPSA) is 98.5 Å². The number of halogens is 4. The fraction of sp³-hybridized carbons (Fsp3) is 0.417. The Hall–Kier alpha value is -1.72. The predicted octanol–water partition coefficient (Wildman–Crippen LogP) is 1.40. The molecule has 0 saturated carbocycles. The molecule has 0 aliphatic carbocycles. The third-order valence-electron chi connectivity index (χ3n) is 2.46. The molecular formula is C12H14F4N2O4S. The normalized spacial score (nSPS) is 13.0. The molecule has 130 valence electrons.